The van der Waals surface area contributed by atoms with E-state index < -0.39 is 52.7 Å². The Morgan fingerprint density at radius 2 is 1.74 bits per heavy atom. The van der Waals surface area contributed by atoms with E-state index >= 15 is 0 Å². The van der Waals surface area contributed by atoms with Crippen molar-refractivity contribution < 1.29 is 39.1 Å². The average molecular weight is 723 g/mol. The van der Waals surface area contributed by atoms with Crippen LogP contribution in [0.1, 0.15) is 17.2 Å². The lowest BCUT2D eigenvalue weighted by Crippen LogP contribution is -2.85. The van der Waals surface area contributed by atoms with Crippen molar-refractivity contribution >= 4 is 59.2 Å². The first-order chi connectivity index (χ1) is 24.1. The van der Waals surface area contributed by atoms with Crippen molar-refractivity contribution in [2.75, 3.05) is 24.6 Å². The van der Waals surface area contributed by atoms with E-state index in [4.69, 9.17) is 0 Å². The number of aryl methyl sites for hydroxylation is 1. The van der Waals surface area contributed by atoms with E-state index in [0.717, 1.165) is 22.2 Å². The van der Waals surface area contributed by atoms with E-state index in [1.165, 1.54) is 33.5 Å². The Balaban J connectivity index is 1.18. The third-order valence-electron chi connectivity index (χ3n) is 8.24. The second kappa shape index (κ2) is 14.3. The minimum absolute atomic E-state index is 0.0608. The smallest absolute Gasteiger partial charge is 0.352 e. The number of carboxylic acids is 1. The van der Waals surface area contributed by atoms with E-state index in [1.807, 2.05) is 23.7 Å². The van der Waals surface area contributed by atoms with Crippen molar-refractivity contribution in [2.24, 2.45) is 7.05 Å². The molecule has 6 amide bonds. The molecule has 0 spiro atoms. The molecule has 1 unspecified atom stereocenters. The molecule has 3 atom stereocenters. The molecule has 20 heteroatoms. The number of carbonyl (C=O) groups excluding carboxylic acids is 5. The van der Waals surface area contributed by atoms with Crippen LogP contribution in [0.15, 0.2) is 77.1 Å². The van der Waals surface area contributed by atoms with Gasteiger partial charge in [-0.3, -0.25) is 29.0 Å². The van der Waals surface area contributed by atoms with Crippen LogP contribution in [0.3, 0.4) is 0 Å². The monoisotopic (exact) mass is 722 g/mol. The van der Waals surface area contributed by atoms with E-state index in [0.29, 0.717) is 15.6 Å². The lowest BCUT2D eigenvalue weighted by Gasteiger charge is -2.56. The molecule has 3 aliphatic rings. The topological polar surface area (TPSA) is 232 Å². The van der Waals surface area contributed by atoms with Gasteiger partial charge < -0.3 is 25.8 Å². The molecule has 1 aromatic heterocycles. The molecule has 18 nitrogen and oxygen atoms in total. The minimum Gasteiger partial charge on any atom is -0.477 e. The number of nitrogens with one attached hydrogen (secondary N) is 3. The second-order valence-electron chi connectivity index (χ2n) is 11.3. The number of nitrogens with zero attached hydrogens (tertiary/aromatic N) is 7. The number of aliphatic carboxylic acids is 1. The molecule has 4 heterocycles. The van der Waals surface area contributed by atoms with E-state index in [-0.39, 0.29) is 42.4 Å². The second-order valence-corrected chi connectivity index (χ2v) is 13.4. The molecule has 0 aliphatic carbocycles. The molecule has 5 N–H and O–H groups in total. The number of amides is 6. The number of imide groups is 1. The zero-order valence-corrected chi connectivity index (χ0v) is 27.9. The van der Waals surface area contributed by atoms with Crippen LogP contribution >= 0.6 is 23.5 Å². The highest BCUT2D eigenvalue weighted by Gasteiger charge is 2.66. The van der Waals surface area contributed by atoms with Gasteiger partial charge in [-0.15, -0.1) is 16.9 Å². The summed E-state index contributed by atoms with van der Waals surface area (Å²) in [6, 6.07) is 14.5. The van der Waals surface area contributed by atoms with Gasteiger partial charge in [0.1, 0.15) is 17.1 Å². The molecule has 6 rings (SSSR count). The van der Waals surface area contributed by atoms with Crippen LogP contribution < -0.4 is 16.1 Å². The SMILES string of the molecule is Cn1nnnc1SCC1=C(C(=O)O)N2C(=O)[C@@](NO)(NC(=O)C(NC(=O)N3CCN(Cc4ccccc4)C(=O)C3=O)c3ccccc3)[C@@H]2SC1. The molecule has 2 aromatic carbocycles. The van der Waals surface area contributed by atoms with Crippen LogP contribution in [-0.4, -0.2) is 116 Å². The van der Waals surface area contributed by atoms with Crippen molar-refractivity contribution in [3.05, 3.63) is 83.1 Å². The van der Waals surface area contributed by atoms with Crippen molar-refractivity contribution in [1.29, 1.82) is 0 Å². The van der Waals surface area contributed by atoms with Crippen LogP contribution in [0, 0.1) is 0 Å². The fourth-order valence-corrected chi connectivity index (χ4v) is 8.11. The number of piperazine rings is 1. The molecule has 3 aliphatic heterocycles. The fraction of sp³-hybridized carbons (Fsp3) is 0.300. The van der Waals surface area contributed by atoms with E-state index in [9.17, 15) is 39.1 Å². The first-order valence-electron chi connectivity index (χ1n) is 15.0. The summed E-state index contributed by atoms with van der Waals surface area (Å²) in [4.78, 5) is 82.4. The Hall–Kier alpha value is -5.31. The summed E-state index contributed by atoms with van der Waals surface area (Å²) in [5.41, 5.74) is 0.867. The van der Waals surface area contributed by atoms with Crippen molar-refractivity contribution in [2.45, 2.75) is 28.8 Å². The Kier molecular flexibility index (Phi) is 9.86. The average Bonchev–Trinajstić information content (AvgIpc) is 3.54. The van der Waals surface area contributed by atoms with Gasteiger partial charge in [-0.25, -0.2) is 14.3 Å². The lowest BCUT2D eigenvalue weighted by atomic mass is 9.94. The van der Waals surface area contributed by atoms with Gasteiger partial charge in [0.15, 0.2) is 0 Å². The predicted molar refractivity (Wildman–Crippen MR) is 174 cm³/mol. The summed E-state index contributed by atoms with van der Waals surface area (Å²) in [6.07, 6.45) is 0. The molecule has 3 aromatic rings. The van der Waals surface area contributed by atoms with Gasteiger partial charge in [0.25, 0.3) is 5.91 Å². The maximum atomic E-state index is 13.9. The normalized spacial score (nSPS) is 21.0. The zero-order valence-electron chi connectivity index (χ0n) is 26.3. The standard InChI is InChI=1S/C30H30N10O8S2/c1-37-29(33-35-36-37)50-16-19-15-49-27-30(34-48,26(46)40(27)21(19)25(44)45)32-22(41)20(18-10-6-3-7-11-18)31-28(47)39-13-12-38(23(42)24(39)43)14-17-8-4-2-5-9-17/h2-11,20,27,34,48H,12-16H2,1H3,(H,31,47)(H,32,41)(H,44,45)/t20?,27-,30-/m0/s1. The maximum Gasteiger partial charge on any atom is 0.352 e. The number of aromatic nitrogens is 4. The van der Waals surface area contributed by atoms with Gasteiger partial charge in [-0.2, -0.15) is 5.48 Å². The number of hydroxylamine groups is 1. The highest BCUT2D eigenvalue weighted by molar-refractivity contribution is 8.01. The quantitative estimate of drug-likeness (QED) is 0.0561. The van der Waals surface area contributed by atoms with E-state index in [1.54, 1.807) is 37.4 Å². The number of thioether (sulfide) groups is 2. The Morgan fingerprint density at radius 3 is 2.38 bits per heavy atom. The van der Waals surface area contributed by atoms with Crippen LogP contribution in [0.5, 0.6) is 0 Å². The number of hydrogen-bond acceptors (Lipinski definition) is 13. The van der Waals surface area contributed by atoms with Crippen molar-refractivity contribution in [3.8, 4) is 0 Å². The third-order valence-corrected chi connectivity index (χ3v) is 10.7. The largest absolute Gasteiger partial charge is 0.477 e. The summed E-state index contributed by atoms with van der Waals surface area (Å²) < 4.78 is 1.41. The van der Waals surface area contributed by atoms with Gasteiger partial charge in [0.05, 0.1) is 0 Å². The van der Waals surface area contributed by atoms with Crippen LogP contribution in [0.4, 0.5) is 4.79 Å². The first-order valence-corrected chi connectivity index (χ1v) is 17.1. The summed E-state index contributed by atoms with van der Waals surface area (Å²) in [5.74, 6) is -5.00. The zero-order chi connectivity index (χ0) is 35.6. The number of benzene rings is 2. The van der Waals surface area contributed by atoms with Gasteiger partial charge >= 0.3 is 23.8 Å². The van der Waals surface area contributed by atoms with Crippen LogP contribution in [0.2, 0.25) is 0 Å². The number of tetrazole rings is 1. The Bertz CT molecular complexity index is 1880. The fourth-order valence-electron chi connectivity index (χ4n) is 5.71. The Morgan fingerprint density at radius 1 is 1.04 bits per heavy atom. The molecular formula is C30H30N10O8S2. The summed E-state index contributed by atoms with van der Waals surface area (Å²) in [5, 5.41) is 35.8. The van der Waals surface area contributed by atoms with Crippen molar-refractivity contribution in [1.82, 2.24) is 51.0 Å². The summed E-state index contributed by atoms with van der Waals surface area (Å²) in [7, 11) is 1.62. The molecule has 0 saturated carbocycles. The minimum atomic E-state index is -2.17. The number of β-lactam (4-membered cyclic amide) rings is 1. The number of carboxylic acid groups (broad SMARTS) is 1. The number of urea groups is 1. The van der Waals surface area contributed by atoms with Crippen LogP contribution in [-0.2, 0) is 37.6 Å². The molecule has 260 valence electrons. The maximum absolute atomic E-state index is 13.9. The summed E-state index contributed by atoms with van der Waals surface area (Å²) >= 11 is 2.27. The number of hydrogen-bond donors (Lipinski definition) is 5. The first kappa shape index (κ1) is 34.5. The van der Waals surface area contributed by atoms with Crippen molar-refractivity contribution in [3.63, 3.8) is 0 Å². The highest BCUT2D eigenvalue weighted by atomic mass is 32.2. The lowest BCUT2D eigenvalue weighted by molar-refractivity contribution is -0.171. The van der Waals surface area contributed by atoms with Gasteiger partial charge in [0, 0.05) is 38.2 Å². The molecule has 0 radical (unpaired) electrons. The van der Waals surface area contributed by atoms with Gasteiger partial charge in [-0.1, -0.05) is 72.4 Å². The highest BCUT2D eigenvalue weighted by Crippen LogP contribution is 2.46. The molecule has 2 saturated heterocycles. The molecule has 0 bridgehead atoms. The predicted octanol–water partition coefficient (Wildman–Crippen LogP) is -0.331. The van der Waals surface area contributed by atoms with Gasteiger partial charge in [0.2, 0.25) is 16.7 Å². The van der Waals surface area contributed by atoms with Crippen LogP contribution in [0.25, 0.3) is 0 Å². The molecule has 50 heavy (non-hydrogen) atoms. The Labute approximate surface area is 292 Å². The van der Waals surface area contributed by atoms with E-state index in [2.05, 4.69) is 26.2 Å². The number of carbonyl (C=O) groups is 6. The van der Waals surface area contributed by atoms with Gasteiger partial charge in [-0.05, 0) is 27.1 Å². The third kappa shape index (κ3) is 6.40. The number of rotatable bonds is 11. The molecule has 2 fully saturated rings. The summed E-state index contributed by atoms with van der Waals surface area (Å²) in [6.45, 7) is 0.0958. The molecular weight excluding hydrogens is 693 g/mol. The number of fused-ring (bicyclic) bond motifs is 1.